The van der Waals surface area contributed by atoms with Crippen molar-refractivity contribution in [2.75, 3.05) is 12.3 Å². The molecule has 27 heavy (non-hydrogen) atoms. The van der Waals surface area contributed by atoms with Gasteiger partial charge in [0, 0.05) is 25.1 Å². The number of hydrogen-bond donors (Lipinski definition) is 4. The number of aromatic amines is 2. The predicted molar refractivity (Wildman–Crippen MR) is 105 cm³/mol. The molecule has 3 aromatic rings. The number of unbranched alkanes of at least 4 members (excludes halogenated alkanes) is 2. The number of nitrogens with one attached hydrogen (secondary N) is 3. The van der Waals surface area contributed by atoms with E-state index in [1.54, 1.807) is 23.0 Å². The molecule has 5 N–H and O–H groups in total. The quantitative estimate of drug-likeness (QED) is 0.390. The first kappa shape index (κ1) is 20.5. The molecule has 0 spiro atoms. The standard InChI is InChI=1S/C17H24N8O.ClH/c18-17-21-11-13(22-17)5-2-1-3-6-14-12-25(24-23-14)10-9-20-16(26)15-7-4-8-19-15;/h4,7-8,11-12,19H,1-3,5-6,9-10H2,(H,20,26)(H3,18,21,22);1H. The van der Waals surface area contributed by atoms with Crippen molar-refractivity contribution in [1.82, 2.24) is 35.3 Å². The number of nitrogens with two attached hydrogens (primary N) is 1. The van der Waals surface area contributed by atoms with Gasteiger partial charge in [-0.1, -0.05) is 11.6 Å². The van der Waals surface area contributed by atoms with Gasteiger partial charge in [0.25, 0.3) is 5.91 Å². The van der Waals surface area contributed by atoms with Crippen molar-refractivity contribution < 1.29 is 4.79 Å². The van der Waals surface area contributed by atoms with E-state index in [0.29, 0.717) is 24.7 Å². The van der Waals surface area contributed by atoms with Gasteiger partial charge < -0.3 is 21.0 Å². The first-order valence-corrected chi connectivity index (χ1v) is 8.81. The van der Waals surface area contributed by atoms with Crippen molar-refractivity contribution in [3.8, 4) is 0 Å². The molecule has 0 aliphatic rings. The second-order valence-electron chi connectivity index (χ2n) is 6.15. The zero-order valence-electron chi connectivity index (χ0n) is 15.0. The van der Waals surface area contributed by atoms with Crippen LogP contribution in [0, 0.1) is 0 Å². The fourth-order valence-electron chi connectivity index (χ4n) is 2.71. The van der Waals surface area contributed by atoms with Crippen LogP contribution in [0.15, 0.2) is 30.7 Å². The third-order valence-electron chi connectivity index (χ3n) is 4.07. The van der Waals surface area contributed by atoms with Gasteiger partial charge in [0.2, 0.25) is 0 Å². The molecule has 0 unspecified atom stereocenters. The Bertz CT molecular complexity index is 811. The maximum Gasteiger partial charge on any atom is 0.267 e. The minimum Gasteiger partial charge on any atom is -0.369 e. The van der Waals surface area contributed by atoms with Crippen LogP contribution in [0.25, 0.3) is 0 Å². The van der Waals surface area contributed by atoms with Crippen LogP contribution in [-0.4, -0.2) is 42.4 Å². The molecule has 0 aromatic carbocycles. The van der Waals surface area contributed by atoms with E-state index in [1.165, 1.54) is 0 Å². The van der Waals surface area contributed by atoms with Gasteiger partial charge in [-0.25, -0.2) is 4.98 Å². The lowest BCUT2D eigenvalue weighted by molar-refractivity contribution is 0.0947. The average Bonchev–Trinajstić information content (AvgIpc) is 3.37. The number of halogens is 1. The molecule has 3 heterocycles. The summed E-state index contributed by atoms with van der Waals surface area (Å²) in [5.74, 6) is 0.356. The number of H-pyrrole nitrogens is 2. The van der Waals surface area contributed by atoms with Crippen LogP contribution >= 0.6 is 12.4 Å². The van der Waals surface area contributed by atoms with Crippen LogP contribution < -0.4 is 11.1 Å². The number of aryl methyl sites for hydroxylation is 2. The Balaban J connectivity index is 0.00000261. The zero-order chi connectivity index (χ0) is 18.2. The molecule has 146 valence electrons. The summed E-state index contributed by atoms with van der Waals surface area (Å²) in [6.07, 6.45) is 10.6. The fourth-order valence-corrected chi connectivity index (χ4v) is 2.71. The number of hydrogen-bond acceptors (Lipinski definition) is 5. The number of aromatic nitrogens is 6. The molecular weight excluding hydrogens is 368 g/mol. The third-order valence-corrected chi connectivity index (χ3v) is 4.07. The minimum atomic E-state index is -0.117. The first-order valence-electron chi connectivity index (χ1n) is 8.81. The molecule has 0 saturated heterocycles. The molecule has 3 rings (SSSR count). The van der Waals surface area contributed by atoms with Gasteiger partial charge in [-0.05, 0) is 37.8 Å². The Kier molecular flexibility index (Phi) is 7.87. The maximum absolute atomic E-state index is 11.8. The van der Waals surface area contributed by atoms with E-state index < -0.39 is 0 Å². The van der Waals surface area contributed by atoms with Crippen molar-refractivity contribution in [3.05, 3.63) is 47.8 Å². The monoisotopic (exact) mass is 392 g/mol. The summed E-state index contributed by atoms with van der Waals surface area (Å²) in [6, 6.07) is 3.53. The molecule has 0 aliphatic carbocycles. The number of imidazole rings is 1. The van der Waals surface area contributed by atoms with E-state index in [9.17, 15) is 4.79 Å². The normalized spacial score (nSPS) is 10.5. The Morgan fingerprint density at radius 3 is 2.70 bits per heavy atom. The maximum atomic E-state index is 11.8. The summed E-state index contributed by atoms with van der Waals surface area (Å²) in [6.45, 7) is 1.10. The Morgan fingerprint density at radius 2 is 2.00 bits per heavy atom. The van der Waals surface area contributed by atoms with Crippen molar-refractivity contribution in [2.24, 2.45) is 0 Å². The highest BCUT2D eigenvalue weighted by atomic mass is 35.5. The van der Waals surface area contributed by atoms with Crippen molar-refractivity contribution >= 4 is 24.3 Å². The summed E-state index contributed by atoms with van der Waals surface area (Å²) < 4.78 is 1.76. The molecule has 0 fully saturated rings. The molecule has 0 radical (unpaired) electrons. The Morgan fingerprint density at radius 1 is 1.19 bits per heavy atom. The largest absolute Gasteiger partial charge is 0.369 e. The summed E-state index contributed by atoms with van der Waals surface area (Å²) in [7, 11) is 0. The molecule has 0 atom stereocenters. The molecule has 0 aliphatic heterocycles. The number of nitrogen functional groups attached to an aromatic ring is 1. The molecular formula is C17H25ClN8O. The number of carbonyl (C=O) groups excluding carboxylic acids is 1. The van der Waals surface area contributed by atoms with Crippen LogP contribution in [0.4, 0.5) is 5.95 Å². The highest BCUT2D eigenvalue weighted by Gasteiger charge is 2.06. The van der Waals surface area contributed by atoms with Gasteiger partial charge in [0.05, 0.1) is 17.9 Å². The summed E-state index contributed by atoms with van der Waals surface area (Å²) >= 11 is 0. The van der Waals surface area contributed by atoms with E-state index in [4.69, 9.17) is 5.73 Å². The van der Waals surface area contributed by atoms with Gasteiger partial charge in [-0.3, -0.25) is 9.48 Å². The van der Waals surface area contributed by atoms with Crippen molar-refractivity contribution in [3.63, 3.8) is 0 Å². The molecule has 9 nitrogen and oxygen atoms in total. The van der Waals surface area contributed by atoms with Gasteiger partial charge in [-0.15, -0.1) is 17.5 Å². The first-order chi connectivity index (χ1) is 12.7. The molecule has 3 aromatic heterocycles. The van der Waals surface area contributed by atoms with E-state index in [1.807, 2.05) is 12.4 Å². The van der Waals surface area contributed by atoms with Gasteiger partial charge in [-0.2, -0.15) is 0 Å². The van der Waals surface area contributed by atoms with Crippen LogP contribution in [0.3, 0.4) is 0 Å². The molecule has 1 amide bonds. The van der Waals surface area contributed by atoms with Gasteiger partial charge >= 0.3 is 0 Å². The van der Waals surface area contributed by atoms with Gasteiger partial charge in [0.15, 0.2) is 5.95 Å². The topological polar surface area (TPSA) is 130 Å². The smallest absolute Gasteiger partial charge is 0.267 e. The van der Waals surface area contributed by atoms with Crippen molar-refractivity contribution in [2.45, 2.75) is 38.6 Å². The SMILES string of the molecule is Cl.Nc1nc(CCCCCc2cn(CCNC(=O)c3ccc[nH]3)nn2)c[nH]1. The Labute approximate surface area is 163 Å². The Hall–Kier alpha value is -2.81. The van der Waals surface area contributed by atoms with Crippen LogP contribution in [0.1, 0.15) is 41.1 Å². The van der Waals surface area contributed by atoms with Crippen LogP contribution in [0.5, 0.6) is 0 Å². The molecule has 0 saturated carbocycles. The average molecular weight is 393 g/mol. The lowest BCUT2D eigenvalue weighted by Crippen LogP contribution is -2.27. The number of carbonyl (C=O) groups is 1. The van der Waals surface area contributed by atoms with Gasteiger partial charge in [0.1, 0.15) is 5.69 Å². The number of amides is 1. The second kappa shape index (κ2) is 10.4. The van der Waals surface area contributed by atoms with Crippen molar-refractivity contribution in [1.29, 1.82) is 0 Å². The van der Waals surface area contributed by atoms with Crippen LogP contribution in [-0.2, 0) is 19.4 Å². The number of rotatable bonds is 10. The molecule has 10 heteroatoms. The number of anilines is 1. The van der Waals surface area contributed by atoms with E-state index in [2.05, 4.69) is 30.6 Å². The summed E-state index contributed by atoms with van der Waals surface area (Å²) in [5.41, 5.74) is 8.10. The fraction of sp³-hybridized carbons (Fsp3) is 0.412. The molecule has 0 bridgehead atoms. The van der Waals surface area contributed by atoms with E-state index in [0.717, 1.165) is 43.5 Å². The van der Waals surface area contributed by atoms with E-state index in [-0.39, 0.29) is 18.3 Å². The third kappa shape index (κ3) is 6.45. The lowest BCUT2D eigenvalue weighted by Gasteiger charge is -2.03. The zero-order valence-corrected chi connectivity index (χ0v) is 15.8. The predicted octanol–water partition coefficient (Wildman–Crippen LogP) is 1.72. The summed E-state index contributed by atoms with van der Waals surface area (Å²) in [4.78, 5) is 21.8. The highest BCUT2D eigenvalue weighted by Crippen LogP contribution is 2.08. The summed E-state index contributed by atoms with van der Waals surface area (Å²) in [5, 5.41) is 11.1. The minimum absolute atomic E-state index is 0. The second-order valence-corrected chi connectivity index (χ2v) is 6.15. The van der Waals surface area contributed by atoms with E-state index >= 15 is 0 Å². The highest BCUT2D eigenvalue weighted by molar-refractivity contribution is 5.92. The van der Waals surface area contributed by atoms with Crippen LogP contribution in [0.2, 0.25) is 0 Å². The lowest BCUT2D eigenvalue weighted by atomic mass is 10.1. The number of nitrogens with zero attached hydrogens (tertiary/aromatic N) is 4.